The summed E-state index contributed by atoms with van der Waals surface area (Å²) in [5.41, 5.74) is 0.0904. The summed E-state index contributed by atoms with van der Waals surface area (Å²) < 4.78 is 1.58. The van der Waals surface area contributed by atoms with Crippen molar-refractivity contribution in [3.05, 3.63) is 65.3 Å². The molecule has 1 heterocycles. The smallest absolute Gasteiger partial charge is 0.274 e. The first-order valence-corrected chi connectivity index (χ1v) is 6.59. The van der Waals surface area contributed by atoms with Crippen LogP contribution >= 0.6 is 34.2 Å². The van der Waals surface area contributed by atoms with Crippen LogP contribution in [0, 0.1) is 13.7 Å². The van der Waals surface area contributed by atoms with Crippen molar-refractivity contribution in [2.24, 2.45) is 0 Å². The van der Waals surface area contributed by atoms with Crippen LogP contribution in [0.3, 0.4) is 0 Å². The van der Waals surface area contributed by atoms with Crippen molar-refractivity contribution in [3.63, 3.8) is 0 Å². The van der Waals surface area contributed by atoms with E-state index in [1.807, 2.05) is 0 Å². The van der Waals surface area contributed by atoms with E-state index in [4.69, 9.17) is 11.6 Å². The lowest BCUT2D eigenvalue weighted by atomic mass is 10.2. The molecule has 0 unspecified atom stereocenters. The lowest BCUT2D eigenvalue weighted by Crippen LogP contribution is -2.24. The number of halogens is 2. The fraction of sp³-hybridized carbons (Fsp3) is 0.0909. The first-order valence-electron chi connectivity index (χ1n) is 5.13. The van der Waals surface area contributed by atoms with Gasteiger partial charge in [0.2, 0.25) is 0 Å². The SMILES string of the molecule is O=c1c(I)c(Cl)ncn1Cc1ccccc1[N+](=O)[O-]. The molecule has 98 valence electrons. The molecule has 0 N–H and O–H groups in total. The van der Waals surface area contributed by atoms with Gasteiger partial charge in [0.25, 0.3) is 11.2 Å². The predicted molar refractivity (Wildman–Crippen MR) is 78.4 cm³/mol. The third-order valence-electron chi connectivity index (χ3n) is 2.47. The molecule has 6 nitrogen and oxygen atoms in total. The van der Waals surface area contributed by atoms with Gasteiger partial charge in [0, 0.05) is 11.6 Å². The normalized spacial score (nSPS) is 10.4. The summed E-state index contributed by atoms with van der Waals surface area (Å²) in [7, 11) is 0. The molecule has 0 aliphatic carbocycles. The van der Waals surface area contributed by atoms with Crippen LogP contribution in [-0.4, -0.2) is 14.5 Å². The van der Waals surface area contributed by atoms with Gasteiger partial charge in [-0.2, -0.15) is 0 Å². The average molecular weight is 392 g/mol. The zero-order valence-electron chi connectivity index (χ0n) is 9.42. The molecule has 0 amide bonds. The van der Waals surface area contributed by atoms with Gasteiger partial charge in [0.15, 0.2) is 0 Å². The Morgan fingerprint density at radius 2 is 2.11 bits per heavy atom. The van der Waals surface area contributed by atoms with Crippen molar-refractivity contribution in [2.75, 3.05) is 0 Å². The molecule has 8 heteroatoms. The van der Waals surface area contributed by atoms with Gasteiger partial charge < -0.3 is 0 Å². The Morgan fingerprint density at radius 1 is 1.42 bits per heavy atom. The minimum absolute atomic E-state index is 0.0284. The van der Waals surface area contributed by atoms with Crippen LogP contribution in [-0.2, 0) is 6.54 Å². The minimum atomic E-state index is -0.477. The Kier molecular flexibility index (Phi) is 4.15. The fourth-order valence-corrected chi connectivity index (χ4v) is 2.14. The van der Waals surface area contributed by atoms with Gasteiger partial charge in [-0.25, -0.2) is 4.98 Å². The molecular weight excluding hydrogens is 384 g/mol. The van der Waals surface area contributed by atoms with E-state index < -0.39 is 4.92 Å². The Bertz CT molecular complexity index is 702. The highest BCUT2D eigenvalue weighted by Gasteiger charge is 2.14. The second-order valence-corrected chi connectivity index (χ2v) is 5.10. The van der Waals surface area contributed by atoms with Crippen LogP contribution in [0.1, 0.15) is 5.56 Å². The van der Waals surface area contributed by atoms with Gasteiger partial charge in [0.1, 0.15) is 8.72 Å². The summed E-state index contributed by atoms with van der Waals surface area (Å²) in [5.74, 6) is 0. The standard InChI is InChI=1S/C11H7ClIN3O3/c12-10-9(13)11(17)15(6-14-10)5-7-3-1-2-4-8(7)16(18)19/h1-4,6H,5H2. The highest BCUT2D eigenvalue weighted by Crippen LogP contribution is 2.18. The van der Waals surface area contributed by atoms with Crippen LogP contribution in [0.2, 0.25) is 5.15 Å². The van der Waals surface area contributed by atoms with Gasteiger partial charge in [-0.15, -0.1) is 0 Å². The number of para-hydroxylation sites is 1. The van der Waals surface area contributed by atoms with Crippen molar-refractivity contribution in [1.82, 2.24) is 9.55 Å². The van der Waals surface area contributed by atoms with Crippen molar-refractivity contribution in [3.8, 4) is 0 Å². The molecule has 2 aromatic rings. The molecule has 1 aromatic carbocycles. The predicted octanol–water partition coefficient (Wildman–Crippen LogP) is 2.46. The van der Waals surface area contributed by atoms with Crippen LogP contribution in [0.15, 0.2) is 35.4 Å². The van der Waals surface area contributed by atoms with E-state index in [1.165, 1.54) is 17.0 Å². The van der Waals surface area contributed by atoms with E-state index in [2.05, 4.69) is 4.98 Å². The minimum Gasteiger partial charge on any atom is -0.294 e. The van der Waals surface area contributed by atoms with Crippen LogP contribution < -0.4 is 5.56 Å². The molecule has 0 saturated heterocycles. The molecule has 1 aromatic heterocycles. The highest BCUT2D eigenvalue weighted by atomic mass is 127. The Labute approximate surface area is 126 Å². The molecule has 0 fully saturated rings. The lowest BCUT2D eigenvalue weighted by Gasteiger charge is -2.06. The lowest BCUT2D eigenvalue weighted by molar-refractivity contribution is -0.385. The quantitative estimate of drug-likeness (QED) is 0.348. The first-order chi connectivity index (χ1) is 9.00. The zero-order chi connectivity index (χ0) is 14.0. The van der Waals surface area contributed by atoms with Crippen molar-refractivity contribution in [1.29, 1.82) is 0 Å². The molecule has 0 spiro atoms. The fourth-order valence-electron chi connectivity index (χ4n) is 1.56. The van der Waals surface area contributed by atoms with Gasteiger partial charge in [-0.1, -0.05) is 29.8 Å². The Hall–Kier alpha value is -1.48. The molecule has 0 aliphatic rings. The Balaban J connectivity index is 2.46. The summed E-state index contributed by atoms with van der Waals surface area (Å²) in [6.45, 7) is 0.0795. The number of benzene rings is 1. The van der Waals surface area contributed by atoms with Crippen LogP contribution in [0.25, 0.3) is 0 Å². The molecule has 0 aliphatic heterocycles. The third-order valence-corrected chi connectivity index (χ3v) is 4.05. The molecule has 0 saturated carbocycles. The van der Waals surface area contributed by atoms with E-state index in [9.17, 15) is 14.9 Å². The highest BCUT2D eigenvalue weighted by molar-refractivity contribution is 14.1. The van der Waals surface area contributed by atoms with Gasteiger partial charge >= 0.3 is 0 Å². The van der Waals surface area contributed by atoms with Crippen molar-refractivity contribution in [2.45, 2.75) is 6.54 Å². The first kappa shape index (κ1) is 13.9. The number of nitro groups is 1. The third kappa shape index (κ3) is 2.92. The van der Waals surface area contributed by atoms with Crippen molar-refractivity contribution < 1.29 is 4.92 Å². The molecule has 0 bridgehead atoms. The molecule has 2 rings (SSSR count). The number of hydrogen-bond donors (Lipinski definition) is 0. The summed E-state index contributed by atoms with van der Waals surface area (Å²) in [4.78, 5) is 26.2. The van der Waals surface area contributed by atoms with E-state index in [0.717, 1.165) is 0 Å². The largest absolute Gasteiger partial charge is 0.294 e. The van der Waals surface area contributed by atoms with E-state index >= 15 is 0 Å². The number of rotatable bonds is 3. The monoisotopic (exact) mass is 391 g/mol. The van der Waals surface area contributed by atoms with E-state index in [1.54, 1.807) is 40.8 Å². The number of aromatic nitrogens is 2. The number of nitrogens with zero attached hydrogens (tertiary/aromatic N) is 3. The summed E-state index contributed by atoms with van der Waals surface area (Å²) in [6, 6.07) is 6.26. The van der Waals surface area contributed by atoms with Gasteiger partial charge in [-0.05, 0) is 22.6 Å². The summed E-state index contributed by atoms with van der Waals surface area (Å²) in [5, 5.41) is 11.0. The summed E-state index contributed by atoms with van der Waals surface area (Å²) >= 11 is 7.53. The topological polar surface area (TPSA) is 78.0 Å². The maximum atomic E-state index is 11.9. The maximum Gasteiger partial charge on any atom is 0.274 e. The maximum absolute atomic E-state index is 11.9. The van der Waals surface area contributed by atoms with Crippen LogP contribution in [0.5, 0.6) is 0 Å². The summed E-state index contributed by atoms with van der Waals surface area (Å²) in [6.07, 6.45) is 1.28. The average Bonchev–Trinajstić information content (AvgIpc) is 2.40. The van der Waals surface area contributed by atoms with E-state index in [-0.39, 0.29) is 22.9 Å². The molecule has 0 radical (unpaired) electrons. The van der Waals surface area contributed by atoms with E-state index in [0.29, 0.717) is 9.13 Å². The van der Waals surface area contributed by atoms with Crippen molar-refractivity contribution >= 4 is 39.9 Å². The number of nitro benzene ring substituents is 1. The molecule has 0 atom stereocenters. The molecular formula is C11H7ClIN3O3. The number of hydrogen-bond acceptors (Lipinski definition) is 4. The molecule has 19 heavy (non-hydrogen) atoms. The Morgan fingerprint density at radius 3 is 2.79 bits per heavy atom. The second-order valence-electron chi connectivity index (χ2n) is 3.67. The van der Waals surface area contributed by atoms with Crippen LogP contribution in [0.4, 0.5) is 5.69 Å². The van der Waals surface area contributed by atoms with Gasteiger partial charge in [0.05, 0.1) is 17.8 Å². The zero-order valence-corrected chi connectivity index (χ0v) is 12.3. The van der Waals surface area contributed by atoms with Gasteiger partial charge in [-0.3, -0.25) is 19.5 Å². The second kappa shape index (κ2) is 5.66.